The number of nitrogen functional groups attached to an aromatic ring is 1. The van der Waals surface area contributed by atoms with Gasteiger partial charge in [-0.15, -0.1) is 25.8 Å². The number of rotatable bonds is 13. The van der Waals surface area contributed by atoms with Crippen molar-refractivity contribution in [3.05, 3.63) is 47.2 Å². The Labute approximate surface area is 285 Å². The quantitative estimate of drug-likeness (QED) is 0.0454. The van der Waals surface area contributed by atoms with Crippen LogP contribution in [0.5, 0.6) is 5.75 Å². The number of anilines is 2. The van der Waals surface area contributed by atoms with Gasteiger partial charge in [0.2, 0.25) is 11.9 Å². The van der Waals surface area contributed by atoms with Crippen LogP contribution in [0.2, 0.25) is 0 Å². The van der Waals surface area contributed by atoms with Crippen LogP contribution in [0.1, 0.15) is 31.5 Å². The SMILES string of the molecule is CC1(C)[C@H](NC(=O)/C(=N\OC(COc2ccc3nc(NC4CN(C(=O)O)C4)ccc3c2)c2nn[nH]n2)c2csc(N)n2)C(=O)N1OS(=O)(=O)O. The first kappa shape index (κ1) is 34.2. The number of hydrogen-bond acceptors (Lipinski definition) is 17. The second-order valence-corrected chi connectivity index (χ2v) is 13.4. The van der Waals surface area contributed by atoms with Gasteiger partial charge in [0.05, 0.1) is 17.1 Å². The monoisotopic (exact) mass is 732 g/mol. The van der Waals surface area contributed by atoms with E-state index in [1.165, 1.54) is 24.1 Å². The molecular weight excluding hydrogens is 704 g/mol. The zero-order valence-electron chi connectivity index (χ0n) is 25.9. The van der Waals surface area contributed by atoms with E-state index >= 15 is 0 Å². The minimum atomic E-state index is -5.01. The molecule has 50 heavy (non-hydrogen) atoms. The summed E-state index contributed by atoms with van der Waals surface area (Å²) in [6.07, 6.45) is -2.09. The van der Waals surface area contributed by atoms with E-state index in [1.807, 2.05) is 6.07 Å². The van der Waals surface area contributed by atoms with Crippen molar-refractivity contribution in [3.63, 3.8) is 0 Å². The number of nitrogens with two attached hydrogens (primary N) is 1. The molecule has 0 bridgehead atoms. The molecule has 264 valence electrons. The van der Waals surface area contributed by atoms with Gasteiger partial charge in [0.15, 0.2) is 10.8 Å². The number of nitrogens with one attached hydrogen (secondary N) is 3. The predicted octanol–water partition coefficient (Wildman–Crippen LogP) is -0.0583. The first-order valence-corrected chi connectivity index (χ1v) is 16.7. The number of carbonyl (C=O) groups excluding carboxylic acids is 2. The number of likely N-dealkylation sites (tertiary alicyclic amines) is 1. The Morgan fingerprint density at radius 2 is 2.02 bits per heavy atom. The molecule has 0 spiro atoms. The lowest BCUT2D eigenvalue weighted by Gasteiger charge is -2.50. The minimum absolute atomic E-state index is 0.000750. The van der Waals surface area contributed by atoms with Crippen LogP contribution in [0, 0.1) is 0 Å². The third-order valence-corrected chi connectivity index (χ3v) is 8.60. The maximum atomic E-state index is 13.4. The fourth-order valence-electron chi connectivity index (χ4n) is 4.98. The summed E-state index contributed by atoms with van der Waals surface area (Å²) in [6.45, 7) is 3.31. The van der Waals surface area contributed by atoms with Crippen molar-refractivity contribution in [2.45, 2.75) is 37.6 Å². The Morgan fingerprint density at radius 3 is 2.66 bits per heavy atom. The number of ether oxygens (including phenoxy) is 1. The first-order chi connectivity index (χ1) is 23.7. The number of tetrazole rings is 1. The number of oxime groups is 1. The Morgan fingerprint density at radius 1 is 1.24 bits per heavy atom. The molecular formula is C26H28N12O10S2. The number of hydroxylamine groups is 2. The highest BCUT2D eigenvalue weighted by atomic mass is 32.3. The summed E-state index contributed by atoms with van der Waals surface area (Å²) >= 11 is 1.01. The van der Waals surface area contributed by atoms with E-state index < -0.39 is 51.7 Å². The normalized spacial score (nSPS) is 18.3. The lowest BCUT2D eigenvalue weighted by molar-refractivity contribution is -0.218. The second-order valence-electron chi connectivity index (χ2n) is 11.5. The first-order valence-electron chi connectivity index (χ1n) is 14.5. The van der Waals surface area contributed by atoms with Crippen molar-refractivity contribution in [1.29, 1.82) is 0 Å². The number of pyridine rings is 1. The van der Waals surface area contributed by atoms with Crippen molar-refractivity contribution in [1.82, 2.24) is 45.9 Å². The molecule has 2 saturated heterocycles. The van der Waals surface area contributed by atoms with E-state index in [9.17, 15) is 22.8 Å². The number of aromatic amines is 1. The highest BCUT2D eigenvalue weighted by molar-refractivity contribution is 7.80. The number of H-pyrrole nitrogens is 1. The number of amides is 3. The van der Waals surface area contributed by atoms with E-state index in [4.69, 9.17) is 25.0 Å². The second kappa shape index (κ2) is 13.3. The van der Waals surface area contributed by atoms with Gasteiger partial charge in [-0.3, -0.25) is 14.1 Å². The fourth-order valence-corrected chi connectivity index (χ4v) is 5.98. The summed E-state index contributed by atoms with van der Waals surface area (Å²) in [5.74, 6) is -0.852. The smallest absolute Gasteiger partial charge is 0.418 e. The van der Waals surface area contributed by atoms with Crippen LogP contribution in [0.15, 0.2) is 40.9 Å². The van der Waals surface area contributed by atoms with Crippen molar-refractivity contribution in [2.24, 2.45) is 5.16 Å². The Kier molecular flexibility index (Phi) is 9.08. The van der Waals surface area contributed by atoms with Gasteiger partial charge < -0.3 is 35.9 Å². The summed E-state index contributed by atoms with van der Waals surface area (Å²) in [5.41, 5.74) is 4.64. The van der Waals surface area contributed by atoms with E-state index in [0.29, 0.717) is 35.2 Å². The van der Waals surface area contributed by atoms with Crippen LogP contribution in [-0.4, -0.2) is 120 Å². The van der Waals surface area contributed by atoms with Crippen LogP contribution in [0.25, 0.3) is 10.9 Å². The van der Waals surface area contributed by atoms with Crippen LogP contribution < -0.4 is 21.1 Å². The lowest BCUT2D eigenvalue weighted by atomic mass is 9.84. The van der Waals surface area contributed by atoms with E-state index in [0.717, 1.165) is 16.7 Å². The number of hydrogen-bond donors (Lipinski definition) is 6. The molecule has 5 heterocycles. The summed E-state index contributed by atoms with van der Waals surface area (Å²) in [5, 5.41) is 35.1. The van der Waals surface area contributed by atoms with Gasteiger partial charge >= 0.3 is 16.5 Å². The van der Waals surface area contributed by atoms with E-state index in [-0.39, 0.29) is 29.3 Å². The summed E-state index contributed by atoms with van der Waals surface area (Å²) < 4.78 is 41.6. The number of benzene rings is 1. The molecule has 22 nitrogen and oxygen atoms in total. The fraction of sp³-hybridized carbons (Fsp3) is 0.346. The standard InChI is InChI=1S/C26H28N12O10S2/c1-26(2)20(23(40)38(26)48-50(43,44)45)31-22(39)19(16-11-49-24(27)30-16)34-47-17(21-32-35-36-33-21)10-46-14-4-5-15-12(7-14)3-6-18(29-15)28-13-8-37(9-13)25(41)42/h3-7,11,13,17,20H,8-10H2,1-2H3,(H2,27,30)(H,28,29)(H,31,39)(H,41,42)(H,43,44,45)(H,32,33,35,36)/b34-19-/t17?,20-/m1/s1. The topological polar surface area (TPSA) is 303 Å². The van der Waals surface area contributed by atoms with Gasteiger partial charge in [-0.25, -0.2) is 14.8 Å². The maximum Gasteiger partial charge on any atom is 0.418 e. The predicted molar refractivity (Wildman–Crippen MR) is 171 cm³/mol. The molecule has 0 aliphatic carbocycles. The van der Waals surface area contributed by atoms with Gasteiger partial charge in [0, 0.05) is 23.9 Å². The van der Waals surface area contributed by atoms with Gasteiger partial charge in [-0.2, -0.15) is 18.7 Å². The molecule has 6 rings (SSSR count). The van der Waals surface area contributed by atoms with Crippen LogP contribution in [-0.2, 0) is 29.1 Å². The summed E-state index contributed by atoms with van der Waals surface area (Å²) in [6, 6.07) is 7.43. The molecule has 2 atom stereocenters. The average Bonchev–Trinajstić information content (AvgIpc) is 3.73. The summed E-state index contributed by atoms with van der Waals surface area (Å²) in [7, 11) is -5.01. The molecule has 2 aliphatic rings. The molecule has 0 radical (unpaired) electrons. The molecule has 24 heteroatoms. The number of carboxylic acid groups (broad SMARTS) is 1. The van der Waals surface area contributed by atoms with Crippen LogP contribution >= 0.6 is 11.3 Å². The van der Waals surface area contributed by atoms with E-state index in [1.54, 1.807) is 24.3 Å². The highest BCUT2D eigenvalue weighted by Gasteiger charge is 2.58. The van der Waals surface area contributed by atoms with Crippen molar-refractivity contribution < 1.29 is 46.3 Å². The third-order valence-electron chi connectivity index (χ3n) is 7.59. The molecule has 0 saturated carbocycles. The molecule has 2 aliphatic heterocycles. The molecule has 2 fully saturated rings. The number of nitrogens with zero attached hydrogens (tertiary/aromatic N) is 8. The van der Waals surface area contributed by atoms with Gasteiger partial charge in [-0.1, -0.05) is 10.4 Å². The highest BCUT2D eigenvalue weighted by Crippen LogP contribution is 2.33. The van der Waals surface area contributed by atoms with Gasteiger partial charge in [-0.05, 0) is 44.2 Å². The zero-order valence-corrected chi connectivity index (χ0v) is 27.6. The molecule has 1 unspecified atom stereocenters. The summed E-state index contributed by atoms with van der Waals surface area (Å²) in [4.78, 5) is 52.7. The molecule has 3 aromatic heterocycles. The molecule has 7 N–H and O–H groups in total. The number of carbonyl (C=O) groups is 3. The van der Waals surface area contributed by atoms with Crippen LogP contribution in [0.4, 0.5) is 15.7 Å². The molecule has 1 aromatic carbocycles. The Hall–Kier alpha value is -5.72. The maximum absolute atomic E-state index is 13.4. The number of fused-ring (bicyclic) bond motifs is 1. The number of aromatic nitrogens is 6. The lowest BCUT2D eigenvalue weighted by Crippen LogP contribution is -2.76. The van der Waals surface area contributed by atoms with Gasteiger partial charge in [0.1, 0.15) is 29.9 Å². The van der Waals surface area contributed by atoms with Gasteiger partial charge in [0.25, 0.3) is 11.8 Å². The molecule has 3 amide bonds. The third kappa shape index (κ3) is 7.31. The number of thiazole rings is 1. The number of β-lactam (4-membered cyclic amide) rings is 1. The largest absolute Gasteiger partial charge is 0.489 e. The van der Waals surface area contributed by atoms with E-state index in [2.05, 4.69) is 50.7 Å². The average molecular weight is 733 g/mol. The van der Waals surface area contributed by atoms with Crippen LogP contribution in [0.3, 0.4) is 0 Å². The zero-order chi connectivity index (χ0) is 35.8. The Bertz CT molecular complexity index is 2070. The van der Waals surface area contributed by atoms with Crippen molar-refractivity contribution in [2.75, 3.05) is 30.7 Å². The molecule has 4 aromatic rings. The van der Waals surface area contributed by atoms with Crippen molar-refractivity contribution >= 4 is 67.2 Å². The van der Waals surface area contributed by atoms with Crippen molar-refractivity contribution in [3.8, 4) is 5.75 Å². The Balaban J connectivity index is 1.15. The minimum Gasteiger partial charge on any atom is -0.489 e.